The van der Waals surface area contributed by atoms with Crippen LogP contribution < -0.4 is 0 Å². The zero-order valence-corrected chi connectivity index (χ0v) is 12.3. The average molecular weight is 244 g/mol. The number of hydrogen-bond acceptors (Lipinski definition) is 2. The standard InChI is InChI=1S/C15H32O2/c1-14(2)9-6-5-7-10-16-11-8-12-17-13-15(3)4/h14-15H,5-13H2,1-4H3. The van der Waals surface area contributed by atoms with E-state index in [1.165, 1.54) is 25.7 Å². The predicted molar refractivity (Wildman–Crippen MR) is 74.4 cm³/mol. The van der Waals surface area contributed by atoms with E-state index < -0.39 is 0 Å². The summed E-state index contributed by atoms with van der Waals surface area (Å²) in [5, 5.41) is 0. The zero-order valence-electron chi connectivity index (χ0n) is 12.3. The molecule has 2 heteroatoms. The summed E-state index contributed by atoms with van der Waals surface area (Å²) in [7, 11) is 0. The van der Waals surface area contributed by atoms with E-state index in [0.29, 0.717) is 5.92 Å². The van der Waals surface area contributed by atoms with Gasteiger partial charge in [-0.1, -0.05) is 47.0 Å². The molecule has 0 aromatic heterocycles. The topological polar surface area (TPSA) is 18.5 Å². The van der Waals surface area contributed by atoms with E-state index in [-0.39, 0.29) is 0 Å². The molecule has 0 aliphatic carbocycles. The number of unbranched alkanes of at least 4 members (excludes halogenated alkanes) is 2. The van der Waals surface area contributed by atoms with Crippen LogP contribution in [0.4, 0.5) is 0 Å². The molecule has 0 N–H and O–H groups in total. The van der Waals surface area contributed by atoms with Gasteiger partial charge in [0, 0.05) is 26.4 Å². The lowest BCUT2D eigenvalue weighted by Gasteiger charge is -2.07. The molecule has 0 aromatic rings. The Kier molecular flexibility index (Phi) is 12.3. The molecule has 0 amide bonds. The van der Waals surface area contributed by atoms with E-state index >= 15 is 0 Å². The second-order valence-electron chi connectivity index (χ2n) is 5.68. The monoisotopic (exact) mass is 244 g/mol. The molecule has 104 valence electrons. The molecule has 0 atom stereocenters. The SMILES string of the molecule is CC(C)CCCCCOCCCOCC(C)C. The van der Waals surface area contributed by atoms with Crippen LogP contribution in [0.25, 0.3) is 0 Å². The van der Waals surface area contributed by atoms with Gasteiger partial charge in [0.05, 0.1) is 0 Å². The fourth-order valence-corrected chi connectivity index (χ4v) is 1.62. The molecular weight excluding hydrogens is 212 g/mol. The van der Waals surface area contributed by atoms with E-state index in [0.717, 1.165) is 38.8 Å². The largest absolute Gasteiger partial charge is 0.381 e. The lowest BCUT2D eigenvalue weighted by molar-refractivity contribution is 0.0702. The molecule has 0 bridgehead atoms. The zero-order chi connectivity index (χ0) is 12.9. The van der Waals surface area contributed by atoms with E-state index in [4.69, 9.17) is 9.47 Å². The van der Waals surface area contributed by atoms with Gasteiger partial charge >= 0.3 is 0 Å². The Morgan fingerprint density at radius 1 is 0.647 bits per heavy atom. The van der Waals surface area contributed by atoms with Crippen LogP contribution >= 0.6 is 0 Å². The van der Waals surface area contributed by atoms with Crippen LogP contribution in [0.5, 0.6) is 0 Å². The van der Waals surface area contributed by atoms with Crippen LogP contribution in [0.15, 0.2) is 0 Å². The second kappa shape index (κ2) is 12.4. The van der Waals surface area contributed by atoms with Gasteiger partial charge < -0.3 is 9.47 Å². The molecule has 0 aliphatic rings. The first-order valence-electron chi connectivity index (χ1n) is 7.28. The average Bonchev–Trinajstić information content (AvgIpc) is 2.25. The molecule has 0 saturated carbocycles. The Bertz CT molecular complexity index is 128. The minimum Gasteiger partial charge on any atom is -0.381 e. The normalized spacial score (nSPS) is 11.6. The molecule has 0 heterocycles. The maximum atomic E-state index is 5.57. The number of rotatable bonds is 12. The maximum absolute atomic E-state index is 5.57. The van der Waals surface area contributed by atoms with Gasteiger partial charge in [-0.25, -0.2) is 0 Å². The first kappa shape index (κ1) is 16.9. The lowest BCUT2D eigenvalue weighted by Crippen LogP contribution is -2.06. The molecule has 17 heavy (non-hydrogen) atoms. The second-order valence-corrected chi connectivity index (χ2v) is 5.68. The van der Waals surface area contributed by atoms with Gasteiger partial charge in [0.25, 0.3) is 0 Å². The Balaban J connectivity index is 2.94. The highest BCUT2D eigenvalue weighted by Crippen LogP contribution is 2.07. The molecular formula is C15H32O2. The first-order valence-corrected chi connectivity index (χ1v) is 7.28. The highest BCUT2D eigenvalue weighted by Gasteiger charge is 1.96. The number of ether oxygens (including phenoxy) is 2. The lowest BCUT2D eigenvalue weighted by atomic mass is 10.1. The Morgan fingerprint density at radius 2 is 1.29 bits per heavy atom. The van der Waals surface area contributed by atoms with Crippen molar-refractivity contribution in [2.24, 2.45) is 11.8 Å². The van der Waals surface area contributed by atoms with Gasteiger partial charge in [-0.3, -0.25) is 0 Å². The molecule has 0 aliphatic heterocycles. The van der Waals surface area contributed by atoms with Crippen molar-refractivity contribution < 1.29 is 9.47 Å². The highest BCUT2D eigenvalue weighted by atomic mass is 16.5. The minimum atomic E-state index is 0.636. The summed E-state index contributed by atoms with van der Waals surface area (Å²) in [4.78, 5) is 0. The van der Waals surface area contributed by atoms with Crippen LogP contribution in [0.2, 0.25) is 0 Å². The summed E-state index contributed by atoms with van der Waals surface area (Å²) in [6, 6.07) is 0. The van der Waals surface area contributed by atoms with E-state index in [9.17, 15) is 0 Å². The Hall–Kier alpha value is -0.0800. The van der Waals surface area contributed by atoms with Crippen molar-refractivity contribution in [3.63, 3.8) is 0 Å². The smallest absolute Gasteiger partial charge is 0.0489 e. The molecule has 0 saturated heterocycles. The van der Waals surface area contributed by atoms with Crippen molar-refractivity contribution in [2.45, 2.75) is 59.8 Å². The summed E-state index contributed by atoms with van der Waals surface area (Å²) in [6.07, 6.45) is 6.24. The third-order valence-electron chi connectivity index (χ3n) is 2.60. The third kappa shape index (κ3) is 15.9. The summed E-state index contributed by atoms with van der Waals surface area (Å²) in [5.74, 6) is 1.48. The van der Waals surface area contributed by atoms with E-state index in [1.807, 2.05) is 0 Å². The maximum Gasteiger partial charge on any atom is 0.0489 e. The summed E-state index contributed by atoms with van der Waals surface area (Å²) < 4.78 is 11.1. The molecule has 2 nitrogen and oxygen atoms in total. The van der Waals surface area contributed by atoms with Gasteiger partial charge in [0.1, 0.15) is 0 Å². The van der Waals surface area contributed by atoms with Crippen molar-refractivity contribution in [3.05, 3.63) is 0 Å². The van der Waals surface area contributed by atoms with Gasteiger partial charge in [-0.15, -0.1) is 0 Å². The molecule has 0 unspecified atom stereocenters. The van der Waals surface area contributed by atoms with Crippen LogP contribution in [0, 0.1) is 11.8 Å². The highest BCUT2D eigenvalue weighted by molar-refractivity contribution is 4.47. The summed E-state index contributed by atoms with van der Waals surface area (Å²) in [6.45, 7) is 12.4. The van der Waals surface area contributed by atoms with Crippen LogP contribution in [-0.2, 0) is 9.47 Å². The summed E-state index contributed by atoms with van der Waals surface area (Å²) in [5.41, 5.74) is 0. The van der Waals surface area contributed by atoms with Crippen LogP contribution in [-0.4, -0.2) is 26.4 Å². The van der Waals surface area contributed by atoms with Crippen molar-refractivity contribution in [3.8, 4) is 0 Å². The van der Waals surface area contributed by atoms with Gasteiger partial charge in [0.15, 0.2) is 0 Å². The number of hydrogen-bond donors (Lipinski definition) is 0. The van der Waals surface area contributed by atoms with Gasteiger partial charge in [0.2, 0.25) is 0 Å². The van der Waals surface area contributed by atoms with Crippen molar-refractivity contribution in [1.29, 1.82) is 0 Å². The quantitative estimate of drug-likeness (QED) is 0.477. The first-order chi connectivity index (χ1) is 8.13. The predicted octanol–water partition coefficient (Wildman–Crippen LogP) is 4.28. The van der Waals surface area contributed by atoms with Crippen LogP contribution in [0.3, 0.4) is 0 Å². The third-order valence-corrected chi connectivity index (χ3v) is 2.60. The molecule has 0 fully saturated rings. The van der Waals surface area contributed by atoms with Gasteiger partial charge in [-0.2, -0.15) is 0 Å². The fourth-order valence-electron chi connectivity index (χ4n) is 1.62. The molecule has 0 aromatic carbocycles. The molecule has 0 radical (unpaired) electrons. The minimum absolute atomic E-state index is 0.636. The summed E-state index contributed by atoms with van der Waals surface area (Å²) >= 11 is 0. The van der Waals surface area contributed by atoms with Crippen molar-refractivity contribution in [2.75, 3.05) is 26.4 Å². The fraction of sp³-hybridized carbons (Fsp3) is 1.00. The molecule has 0 spiro atoms. The van der Waals surface area contributed by atoms with Crippen molar-refractivity contribution in [1.82, 2.24) is 0 Å². The van der Waals surface area contributed by atoms with Crippen molar-refractivity contribution >= 4 is 0 Å². The van der Waals surface area contributed by atoms with E-state index in [2.05, 4.69) is 27.7 Å². The molecule has 0 rings (SSSR count). The van der Waals surface area contributed by atoms with E-state index in [1.54, 1.807) is 0 Å². The Labute approximate surface area is 108 Å². The Morgan fingerprint density at radius 3 is 1.94 bits per heavy atom. The van der Waals surface area contributed by atoms with Crippen LogP contribution in [0.1, 0.15) is 59.8 Å². The van der Waals surface area contributed by atoms with Gasteiger partial charge in [-0.05, 0) is 24.7 Å².